The van der Waals surface area contributed by atoms with Crippen LogP contribution in [0.4, 0.5) is 5.69 Å². The normalized spacial score (nSPS) is 10.0. The van der Waals surface area contributed by atoms with Crippen molar-refractivity contribution in [1.82, 2.24) is 4.90 Å². The molecule has 1 aromatic rings. The molecule has 0 atom stereocenters. The van der Waals surface area contributed by atoms with Gasteiger partial charge in [0.2, 0.25) is 5.91 Å². The first-order valence-electron chi connectivity index (χ1n) is 6.47. The van der Waals surface area contributed by atoms with Crippen molar-refractivity contribution in [3.05, 3.63) is 35.4 Å². The van der Waals surface area contributed by atoms with E-state index in [1.54, 1.807) is 30.2 Å². The third-order valence-electron chi connectivity index (χ3n) is 2.79. The number of halogens is 1. The fraction of sp³-hybridized carbons (Fsp3) is 0.400. The van der Waals surface area contributed by atoms with E-state index in [0.717, 1.165) is 5.57 Å². The lowest BCUT2D eigenvalue weighted by molar-refractivity contribution is -0.128. The molecular weight excluding hydrogens is 276 g/mol. The van der Waals surface area contributed by atoms with Crippen molar-refractivity contribution in [3.8, 4) is 5.75 Å². The van der Waals surface area contributed by atoms with E-state index in [1.807, 2.05) is 13.8 Å². The fourth-order valence-corrected chi connectivity index (χ4v) is 1.98. The van der Waals surface area contributed by atoms with Gasteiger partial charge in [-0.2, -0.15) is 0 Å². The highest BCUT2D eigenvalue weighted by atomic mass is 35.5. The van der Waals surface area contributed by atoms with Crippen molar-refractivity contribution in [2.45, 2.75) is 13.8 Å². The molecule has 0 fully saturated rings. The van der Waals surface area contributed by atoms with E-state index in [-0.39, 0.29) is 12.5 Å². The van der Waals surface area contributed by atoms with Gasteiger partial charge in [0.1, 0.15) is 5.75 Å². The Morgan fingerprint density at radius 3 is 2.75 bits per heavy atom. The Morgan fingerprint density at radius 2 is 2.20 bits per heavy atom. The van der Waals surface area contributed by atoms with Crippen LogP contribution in [0.25, 0.3) is 0 Å². The number of nitrogens with zero attached hydrogens (tertiary/aromatic N) is 1. The van der Waals surface area contributed by atoms with E-state index < -0.39 is 0 Å². The number of anilines is 1. The molecule has 0 aromatic heterocycles. The van der Waals surface area contributed by atoms with Gasteiger partial charge in [-0.1, -0.05) is 23.8 Å². The van der Waals surface area contributed by atoms with Gasteiger partial charge in [0.05, 0.1) is 19.3 Å². The molecular formula is C15H21ClN2O2. The van der Waals surface area contributed by atoms with E-state index in [2.05, 4.69) is 11.9 Å². The summed E-state index contributed by atoms with van der Waals surface area (Å²) in [4.78, 5) is 13.9. The molecule has 0 aliphatic heterocycles. The molecule has 1 amide bonds. The number of amides is 1. The summed E-state index contributed by atoms with van der Waals surface area (Å²) in [5, 5.41) is 3.66. The molecule has 0 saturated heterocycles. The van der Waals surface area contributed by atoms with Gasteiger partial charge in [0.15, 0.2) is 0 Å². The lowest BCUT2D eigenvalue weighted by Crippen LogP contribution is -2.36. The second kappa shape index (κ2) is 7.80. The minimum atomic E-state index is 0.0116. The van der Waals surface area contributed by atoms with Gasteiger partial charge in [-0.15, -0.1) is 0 Å². The summed E-state index contributed by atoms with van der Waals surface area (Å²) in [6, 6.07) is 5.25. The molecule has 20 heavy (non-hydrogen) atoms. The second-order valence-corrected chi connectivity index (χ2v) is 5.00. The number of hydrogen-bond donors (Lipinski definition) is 1. The Morgan fingerprint density at radius 1 is 1.50 bits per heavy atom. The SMILES string of the molecule is C=C(C)CN(CC)C(=O)CNc1cc(Cl)ccc1OC. The highest BCUT2D eigenvalue weighted by Gasteiger charge is 2.12. The second-order valence-electron chi connectivity index (χ2n) is 4.56. The first-order chi connectivity index (χ1) is 9.47. The molecule has 0 heterocycles. The van der Waals surface area contributed by atoms with E-state index in [9.17, 15) is 4.79 Å². The molecule has 0 spiro atoms. The topological polar surface area (TPSA) is 41.6 Å². The molecule has 0 aliphatic carbocycles. The predicted molar refractivity (Wildman–Crippen MR) is 83.6 cm³/mol. The maximum absolute atomic E-state index is 12.1. The smallest absolute Gasteiger partial charge is 0.242 e. The van der Waals surface area contributed by atoms with E-state index >= 15 is 0 Å². The van der Waals surface area contributed by atoms with Crippen LogP contribution in [0.15, 0.2) is 30.4 Å². The van der Waals surface area contributed by atoms with Crippen molar-refractivity contribution in [2.24, 2.45) is 0 Å². The largest absolute Gasteiger partial charge is 0.495 e. The zero-order valence-electron chi connectivity index (χ0n) is 12.2. The van der Waals surface area contributed by atoms with Gasteiger partial charge in [-0.05, 0) is 32.0 Å². The van der Waals surface area contributed by atoms with Crippen molar-refractivity contribution < 1.29 is 9.53 Å². The first-order valence-corrected chi connectivity index (χ1v) is 6.85. The van der Waals surface area contributed by atoms with Crippen LogP contribution < -0.4 is 10.1 Å². The highest BCUT2D eigenvalue weighted by molar-refractivity contribution is 6.30. The van der Waals surface area contributed by atoms with Crippen LogP contribution in [0.1, 0.15) is 13.8 Å². The monoisotopic (exact) mass is 296 g/mol. The number of benzene rings is 1. The summed E-state index contributed by atoms with van der Waals surface area (Å²) in [6.07, 6.45) is 0. The van der Waals surface area contributed by atoms with Crippen molar-refractivity contribution in [2.75, 3.05) is 32.1 Å². The number of methoxy groups -OCH3 is 1. The summed E-state index contributed by atoms with van der Waals surface area (Å²) in [7, 11) is 1.58. The van der Waals surface area contributed by atoms with Crippen molar-refractivity contribution in [1.29, 1.82) is 0 Å². The molecule has 0 unspecified atom stereocenters. The fourth-order valence-electron chi connectivity index (χ4n) is 1.80. The molecule has 0 bridgehead atoms. The maximum atomic E-state index is 12.1. The third kappa shape index (κ3) is 4.78. The molecule has 0 aliphatic rings. The number of nitrogens with one attached hydrogen (secondary N) is 1. The molecule has 0 saturated carbocycles. The van der Waals surface area contributed by atoms with E-state index in [0.29, 0.717) is 29.5 Å². The van der Waals surface area contributed by atoms with Crippen molar-refractivity contribution >= 4 is 23.2 Å². The van der Waals surface area contributed by atoms with Crippen molar-refractivity contribution in [3.63, 3.8) is 0 Å². The Balaban J connectivity index is 2.68. The molecule has 4 nitrogen and oxygen atoms in total. The minimum absolute atomic E-state index is 0.0116. The van der Waals surface area contributed by atoms with Crippen LogP contribution in [0, 0.1) is 0 Å². The first kappa shape index (κ1) is 16.4. The Hall–Kier alpha value is -1.68. The third-order valence-corrected chi connectivity index (χ3v) is 3.02. The summed E-state index contributed by atoms with van der Waals surface area (Å²) < 4.78 is 5.22. The molecule has 5 heteroatoms. The van der Waals surface area contributed by atoms with E-state index in [4.69, 9.17) is 16.3 Å². The average molecular weight is 297 g/mol. The maximum Gasteiger partial charge on any atom is 0.242 e. The van der Waals surface area contributed by atoms with E-state index in [1.165, 1.54) is 0 Å². The molecule has 1 N–H and O–H groups in total. The van der Waals surface area contributed by atoms with Gasteiger partial charge >= 0.3 is 0 Å². The van der Waals surface area contributed by atoms with Crippen LogP contribution in [0.5, 0.6) is 5.75 Å². The van der Waals surface area contributed by atoms with Crippen LogP contribution in [-0.2, 0) is 4.79 Å². The summed E-state index contributed by atoms with van der Waals surface area (Å²) in [6.45, 7) is 9.10. The van der Waals surface area contributed by atoms with Crippen LogP contribution >= 0.6 is 11.6 Å². The zero-order chi connectivity index (χ0) is 15.1. The standard InChI is InChI=1S/C15H21ClN2O2/c1-5-18(10-11(2)3)15(19)9-17-13-8-12(16)6-7-14(13)20-4/h6-8,17H,2,5,9-10H2,1,3-4H3. The van der Waals surface area contributed by atoms with Crippen LogP contribution in [0.3, 0.4) is 0 Å². The quantitative estimate of drug-likeness (QED) is 0.786. The Labute approximate surface area is 125 Å². The number of ether oxygens (including phenoxy) is 1. The summed E-state index contributed by atoms with van der Waals surface area (Å²) >= 11 is 5.95. The van der Waals surface area contributed by atoms with Gasteiger partial charge < -0.3 is 15.0 Å². The minimum Gasteiger partial charge on any atom is -0.495 e. The van der Waals surface area contributed by atoms with Crippen LogP contribution in [-0.4, -0.2) is 37.6 Å². The highest BCUT2D eigenvalue weighted by Crippen LogP contribution is 2.27. The number of carbonyl (C=O) groups excluding carboxylic acids is 1. The number of carbonyl (C=O) groups is 1. The summed E-state index contributed by atoms with van der Waals surface area (Å²) in [5.41, 5.74) is 1.67. The lowest BCUT2D eigenvalue weighted by Gasteiger charge is -2.21. The molecule has 1 rings (SSSR count). The lowest BCUT2D eigenvalue weighted by atomic mass is 10.2. The zero-order valence-corrected chi connectivity index (χ0v) is 13.0. The van der Waals surface area contributed by atoms with Gasteiger partial charge in [-0.25, -0.2) is 0 Å². The predicted octanol–water partition coefficient (Wildman–Crippen LogP) is 3.19. The van der Waals surface area contributed by atoms with Gasteiger partial charge in [0.25, 0.3) is 0 Å². The number of likely N-dealkylation sites (N-methyl/N-ethyl adjacent to an activating group) is 1. The number of hydrogen-bond acceptors (Lipinski definition) is 3. The molecule has 1 aromatic carbocycles. The molecule has 110 valence electrons. The Bertz CT molecular complexity index is 489. The summed E-state index contributed by atoms with van der Waals surface area (Å²) in [5.74, 6) is 0.669. The van der Waals surface area contributed by atoms with Gasteiger partial charge in [-0.3, -0.25) is 4.79 Å². The molecule has 0 radical (unpaired) electrons. The van der Waals surface area contributed by atoms with Gasteiger partial charge in [0, 0.05) is 18.1 Å². The van der Waals surface area contributed by atoms with Crippen LogP contribution in [0.2, 0.25) is 5.02 Å². The average Bonchev–Trinajstić information content (AvgIpc) is 2.42. The Kier molecular flexibility index (Phi) is 6.39. The number of rotatable bonds is 7.